The van der Waals surface area contributed by atoms with Gasteiger partial charge >= 0.3 is 0 Å². The number of para-hydroxylation sites is 2. The van der Waals surface area contributed by atoms with E-state index in [9.17, 15) is 0 Å². The average molecular weight is 858 g/mol. The molecule has 0 bridgehead atoms. The summed E-state index contributed by atoms with van der Waals surface area (Å²) in [5, 5.41) is 4.74. The lowest BCUT2D eigenvalue weighted by atomic mass is 9.78. The van der Waals surface area contributed by atoms with Crippen LogP contribution in [0.25, 0.3) is 77.2 Å². The van der Waals surface area contributed by atoms with E-state index in [1.807, 2.05) is 12.1 Å². The summed E-state index contributed by atoms with van der Waals surface area (Å²) in [5.41, 5.74) is 18.5. The van der Waals surface area contributed by atoms with Gasteiger partial charge in [-0.15, -0.1) is 0 Å². The van der Waals surface area contributed by atoms with E-state index in [2.05, 4.69) is 249 Å². The predicted octanol–water partition coefficient (Wildman–Crippen LogP) is 18.8. The van der Waals surface area contributed by atoms with Gasteiger partial charge in [-0.2, -0.15) is 0 Å². The van der Waals surface area contributed by atoms with Gasteiger partial charge in [0.05, 0.1) is 11.4 Å². The Balaban J connectivity index is 1.20. The van der Waals surface area contributed by atoms with Crippen LogP contribution in [0, 0.1) is 0 Å². The summed E-state index contributed by atoms with van der Waals surface area (Å²) in [7, 11) is 0. The second-order valence-corrected chi connectivity index (χ2v) is 21.1. The van der Waals surface area contributed by atoms with Crippen molar-refractivity contribution in [3.05, 3.63) is 211 Å². The third kappa shape index (κ3) is 8.00. The second kappa shape index (κ2) is 16.4. The number of nitrogens with zero attached hydrogens (tertiary/aromatic N) is 1. The van der Waals surface area contributed by atoms with E-state index in [0.717, 1.165) is 55.7 Å². The molecule has 1 heterocycles. The normalized spacial score (nSPS) is 12.3. The topological polar surface area (TPSA) is 16.4 Å². The number of benzene rings is 9. The molecule has 9 aromatic carbocycles. The maximum absolute atomic E-state index is 6.34. The third-order valence-electron chi connectivity index (χ3n) is 13.3. The number of hydrogen-bond acceptors (Lipinski definition) is 2. The Hall–Kier alpha value is -7.16. The fraction of sp³-hybridized carbons (Fsp3) is 0.188. The van der Waals surface area contributed by atoms with Crippen LogP contribution in [-0.2, 0) is 16.2 Å². The van der Waals surface area contributed by atoms with Crippen LogP contribution in [0.15, 0.2) is 199 Å². The van der Waals surface area contributed by atoms with Crippen LogP contribution in [0.1, 0.15) is 79.0 Å². The smallest absolute Gasteiger partial charge is 0.136 e. The van der Waals surface area contributed by atoms with E-state index in [1.54, 1.807) is 0 Å². The minimum Gasteiger partial charge on any atom is -0.456 e. The van der Waals surface area contributed by atoms with Crippen molar-refractivity contribution in [2.75, 3.05) is 4.90 Å². The van der Waals surface area contributed by atoms with Crippen molar-refractivity contribution in [1.29, 1.82) is 0 Å². The number of rotatable bonds is 7. The van der Waals surface area contributed by atoms with E-state index in [-0.39, 0.29) is 16.2 Å². The van der Waals surface area contributed by atoms with Gasteiger partial charge in [-0.3, -0.25) is 0 Å². The Bertz CT molecular complexity index is 3370. The molecule has 0 saturated carbocycles. The molecule has 1 aromatic heterocycles. The van der Waals surface area contributed by atoms with Crippen LogP contribution in [0.2, 0.25) is 0 Å². The molecule has 0 aliphatic heterocycles. The molecule has 0 radical (unpaired) electrons. The summed E-state index contributed by atoms with van der Waals surface area (Å²) in [6, 6.07) is 71.7. The molecule has 326 valence electrons. The molecular weight excluding hydrogens is 799 g/mol. The van der Waals surface area contributed by atoms with Crippen molar-refractivity contribution < 1.29 is 4.42 Å². The fourth-order valence-corrected chi connectivity index (χ4v) is 9.51. The molecule has 2 nitrogen and oxygen atoms in total. The van der Waals surface area contributed by atoms with E-state index in [1.165, 1.54) is 55.3 Å². The van der Waals surface area contributed by atoms with Gasteiger partial charge in [0, 0.05) is 27.6 Å². The summed E-state index contributed by atoms with van der Waals surface area (Å²) < 4.78 is 6.34. The Labute approximate surface area is 391 Å². The summed E-state index contributed by atoms with van der Waals surface area (Å²) in [6.45, 7) is 20.8. The summed E-state index contributed by atoms with van der Waals surface area (Å²) in [6.07, 6.45) is 0. The molecule has 0 N–H and O–H groups in total. The summed E-state index contributed by atoms with van der Waals surface area (Å²) in [5.74, 6) is 0. The van der Waals surface area contributed by atoms with E-state index >= 15 is 0 Å². The van der Waals surface area contributed by atoms with Crippen molar-refractivity contribution in [3.63, 3.8) is 0 Å². The van der Waals surface area contributed by atoms with Gasteiger partial charge in [0.1, 0.15) is 11.2 Å². The molecule has 0 unspecified atom stereocenters. The zero-order valence-electron chi connectivity index (χ0n) is 39.8. The average Bonchev–Trinajstić information content (AvgIpc) is 3.69. The highest BCUT2D eigenvalue weighted by atomic mass is 16.3. The third-order valence-corrected chi connectivity index (χ3v) is 13.3. The lowest BCUT2D eigenvalue weighted by Gasteiger charge is -2.31. The van der Waals surface area contributed by atoms with Gasteiger partial charge in [0.25, 0.3) is 0 Å². The zero-order chi connectivity index (χ0) is 46.0. The largest absolute Gasteiger partial charge is 0.456 e. The Morgan fingerprint density at radius 1 is 0.333 bits per heavy atom. The van der Waals surface area contributed by atoms with Gasteiger partial charge < -0.3 is 9.32 Å². The standard InChI is InChI=1S/C64H59NO/c1-62(2,3)47-32-36-58(56(41-47)43-19-11-10-12-20-43)65(50-33-29-42(30-34-50)45-31-35-54-53-24-14-16-28-59(53)66-60(54)39-45)57-27-15-13-23-52(57)55-26-18-22-44-21-17-25-51(61(44)55)46-37-48(63(4,5)6)40-49(38-46)64(7,8)9/h10-41H,1-9H3. The lowest BCUT2D eigenvalue weighted by Crippen LogP contribution is -2.16. The van der Waals surface area contributed by atoms with E-state index < -0.39 is 0 Å². The molecule has 0 fully saturated rings. The molecule has 2 heteroatoms. The molecule has 0 spiro atoms. The van der Waals surface area contributed by atoms with Crippen molar-refractivity contribution in [3.8, 4) is 44.5 Å². The van der Waals surface area contributed by atoms with Crippen LogP contribution in [0.3, 0.4) is 0 Å². The minimum absolute atomic E-state index is 0.00868. The van der Waals surface area contributed by atoms with E-state index in [0.29, 0.717) is 0 Å². The molecule has 0 amide bonds. The maximum atomic E-state index is 6.34. The summed E-state index contributed by atoms with van der Waals surface area (Å²) >= 11 is 0. The van der Waals surface area contributed by atoms with Crippen molar-refractivity contribution in [2.45, 2.75) is 78.6 Å². The second-order valence-electron chi connectivity index (χ2n) is 21.1. The Morgan fingerprint density at radius 2 is 0.909 bits per heavy atom. The minimum atomic E-state index is -0.0378. The highest BCUT2D eigenvalue weighted by Gasteiger charge is 2.26. The fourth-order valence-electron chi connectivity index (χ4n) is 9.51. The van der Waals surface area contributed by atoms with Crippen molar-refractivity contribution in [1.82, 2.24) is 0 Å². The first-order valence-corrected chi connectivity index (χ1v) is 23.4. The van der Waals surface area contributed by atoms with Crippen LogP contribution < -0.4 is 4.90 Å². The van der Waals surface area contributed by atoms with E-state index in [4.69, 9.17) is 4.42 Å². The Morgan fingerprint density at radius 3 is 1.61 bits per heavy atom. The first kappa shape index (κ1) is 42.8. The SMILES string of the molecule is CC(C)(C)c1cc(-c2cccc3cccc(-c4ccccc4N(c4ccc(-c5ccc6c(c5)oc5ccccc56)cc4)c4ccc(C(C)(C)C)cc4-c4ccccc4)c23)cc(C(C)(C)C)c1. The van der Waals surface area contributed by atoms with Gasteiger partial charge in [-0.1, -0.05) is 208 Å². The van der Waals surface area contributed by atoms with Crippen LogP contribution >= 0.6 is 0 Å². The first-order chi connectivity index (χ1) is 31.6. The highest BCUT2D eigenvalue weighted by molar-refractivity contribution is 6.09. The Kier molecular flexibility index (Phi) is 10.6. The van der Waals surface area contributed by atoms with Gasteiger partial charge in [0.15, 0.2) is 0 Å². The van der Waals surface area contributed by atoms with Gasteiger partial charge in [0.2, 0.25) is 0 Å². The van der Waals surface area contributed by atoms with Crippen LogP contribution in [0.5, 0.6) is 0 Å². The first-order valence-electron chi connectivity index (χ1n) is 23.4. The molecule has 0 aliphatic rings. The highest BCUT2D eigenvalue weighted by Crippen LogP contribution is 2.49. The number of anilines is 3. The number of fused-ring (bicyclic) bond motifs is 4. The van der Waals surface area contributed by atoms with Crippen molar-refractivity contribution >= 4 is 49.8 Å². The lowest BCUT2D eigenvalue weighted by molar-refractivity contribution is 0.569. The van der Waals surface area contributed by atoms with Gasteiger partial charge in [-0.05, 0) is 126 Å². The molecule has 0 aliphatic carbocycles. The molecule has 10 aromatic rings. The quantitative estimate of drug-likeness (QED) is 0.159. The monoisotopic (exact) mass is 857 g/mol. The molecule has 0 atom stereocenters. The number of furan rings is 1. The zero-order valence-corrected chi connectivity index (χ0v) is 39.8. The molecule has 0 saturated heterocycles. The number of hydrogen-bond donors (Lipinski definition) is 0. The van der Waals surface area contributed by atoms with Crippen LogP contribution in [0.4, 0.5) is 17.1 Å². The molecular formula is C64H59NO. The van der Waals surface area contributed by atoms with Gasteiger partial charge in [-0.25, -0.2) is 0 Å². The molecule has 10 rings (SSSR count). The maximum Gasteiger partial charge on any atom is 0.136 e. The van der Waals surface area contributed by atoms with Crippen LogP contribution in [-0.4, -0.2) is 0 Å². The molecule has 66 heavy (non-hydrogen) atoms. The van der Waals surface area contributed by atoms with Crippen molar-refractivity contribution in [2.24, 2.45) is 0 Å². The summed E-state index contributed by atoms with van der Waals surface area (Å²) in [4.78, 5) is 2.48. The predicted molar refractivity (Wildman–Crippen MR) is 284 cm³/mol.